The van der Waals surface area contributed by atoms with E-state index in [1.807, 2.05) is 0 Å². The summed E-state index contributed by atoms with van der Waals surface area (Å²) in [6, 6.07) is 5.77. The standard InChI is InChI=1S/C19H19O10P/c1-24-13-6-5-11-12(9-28-17(11)19(13)29-30(21,22)23)16(20)10-7-14(25-2)18(27-4)15(8-10)26-3/h5-9H,1-4H3,(H2,21,22,23)/p-2. The molecule has 3 aromatic rings. The van der Waals surface area contributed by atoms with Crippen LogP contribution in [0.5, 0.6) is 28.7 Å². The summed E-state index contributed by atoms with van der Waals surface area (Å²) in [6.07, 6.45) is 1.13. The Kier molecular flexibility index (Phi) is 5.93. The van der Waals surface area contributed by atoms with Gasteiger partial charge in [-0.1, -0.05) is 0 Å². The number of ether oxygens (including phenoxy) is 4. The van der Waals surface area contributed by atoms with Crippen molar-refractivity contribution in [1.29, 1.82) is 0 Å². The van der Waals surface area contributed by atoms with E-state index >= 15 is 0 Å². The smallest absolute Gasteiger partial charge is 0.209 e. The summed E-state index contributed by atoms with van der Waals surface area (Å²) in [7, 11) is 0.123. The normalized spacial score (nSPS) is 11.3. The van der Waals surface area contributed by atoms with Gasteiger partial charge in [0, 0.05) is 10.9 Å². The highest BCUT2D eigenvalue weighted by Crippen LogP contribution is 2.44. The van der Waals surface area contributed by atoms with Crippen LogP contribution in [0.2, 0.25) is 0 Å². The number of furan rings is 1. The van der Waals surface area contributed by atoms with Crippen LogP contribution < -0.4 is 33.3 Å². The molecular formula is C19H17O10P-2. The van der Waals surface area contributed by atoms with Crippen molar-refractivity contribution in [2.45, 2.75) is 0 Å². The molecule has 0 saturated heterocycles. The highest BCUT2D eigenvalue weighted by Gasteiger charge is 2.24. The number of rotatable bonds is 8. The van der Waals surface area contributed by atoms with Crippen LogP contribution >= 0.6 is 7.82 Å². The van der Waals surface area contributed by atoms with Crippen LogP contribution in [0.15, 0.2) is 34.9 Å². The van der Waals surface area contributed by atoms with E-state index in [0.717, 1.165) is 6.26 Å². The van der Waals surface area contributed by atoms with Crippen molar-refractivity contribution in [3.8, 4) is 28.7 Å². The molecule has 0 atom stereocenters. The fraction of sp³-hybridized carbons (Fsp3) is 0.211. The molecule has 0 radical (unpaired) electrons. The second-order valence-corrected chi connectivity index (χ2v) is 6.98. The predicted molar refractivity (Wildman–Crippen MR) is 101 cm³/mol. The molecular weight excluding hydrogens is 419 g/mol. The van der Waals surface area contributed by atoms with E-state index in [0.29, 0.717) is 5.75 Å². The molecule has 1 heterocycles. The van der Waals surface area contributed by atoms with Crippen molar-refractivity contribution in [2.75, 3.05) is 28.4 Å². The molecule has 0 amide bonds. The SMILES string of the molecule is COc1cc(C(=O)c2coc3c(OP(=O)([O-])[O-])c(OC)ccc23)cc(OC)c1OC. The zero-order valence-corrected chi connectivity index (χ0v) is 17.3. The Labute approximate surface area is 171 Å². The maximum atomic E-state index is 13.1. The van der Waals surface area contributed by atoms with Gasteiger partial charge in [-0.2, -0.15) is 0 Å². The number of benzene rings is 2. The Morgan fingerprint density at radius 1 is 0.900 bits per heavy atom. The Hall–Kier alpha value is -3.20. The maximum absolute atomic E-state index is 13.1. The average molecular weight is 436 g/mol. The molecule has 0 aliphatic heterocycles. The van der Waals surface area contributed by atoms with Crippen LogP contribution in [0.4, 0.5) is 0 Å². The second-order valence-electron chi connectivity index (χ2n) is 5.90. The minimum Gasteiger partial charge on any atom is -0.780 e. The van der Waals surface area contributed by atoms with Gasteiger partial charge in [-0.25, -0.2) is 0 Å². The molecule has 160 valence electrons. The first-order valence-electron chi connectivity index (χ1n) is 8.38. The number of fused-ring (bicyclic) bond motifs is 1. The van der Waals surface area contributed by atoms with Crippen LogP contribution in [0.1, 0.15) is 15.9 Å². The minimum absolute atomic E-state index is 0.0458. The number of carbonyl (C=O) groups excluding carboxylic acids is 1. The lowest BCUT2D eigenvalue weighted by Crippen LogP contribution is -2.19. The zero-order chi connectivity index (χ0) is 22.1. The van der Waals surface area contributed by atoms with Gasteiger partial charge in [0.2, 0.25) is 11.5 Å². The van der Waals surface area contributed by atoms with E-state index in [1.54, 1.807) is 0 Å². The number of phosphoric ester groups is 1. The molecule has 0 aliphatic rings. The Bertz CT molecular complexity index is 1120. The number of phosphoric acid groups is 1. The molecule has 0 saturated carbocycles. The van der Waals surface area contributed by atoms with E-state index < -0.39 is 19.4 Å². The van der Waals surface area contributed by atoms with Gasteiger partial charge in [0.05, 0.1) is 34.0 Å². The molecule has 0 aliphatic carbocycles. The fourth-order valence-corrected chi connectivity index (χ4v) is 3.35. The van der Waals surface area contributed by atoms with Crippen molar-refractivity contribution < 1.29 is 47.0 Å². The maximum Gasteiger partial charge on any atom is 0.209 e. The van der Waals surface area contributed by atoms with Gasteiger partial charge < -0.3 is 42.2 Å². The molecule has 0 fully saturated rings. The van der Waals surface area contributed by atoms with E-state index in [9.17, 15) is 19.1 Å². The summed E-state index contributed by atoms with van der Waals surface area (Å²) in [4.78, 5) is 35.4. The lowest BCUT2D eigenvalue weighted by molar-refractivity contribution is -0.333. The quantitative estimate of drug-likeness (QED) is 0.380. The van der Waals surface area contributed by atoms with Gasteiger partial charge >= 0.3 is 0 Å². The minimum atomic E-state index is -5.41. The number of carbonyl (C=O) groups is 1. The Morgan fingerprint density at radius 3 is 2.00 bits per heavy atom. The van der Waals surface area contributed by atoms with E-state index in [1.165, 1.54) is 52.7 Å². The second kappa shape index (κ2) is 8.27. The van der Waals surface area contributed by atoms with Crippen LogP contribution in [0.3, 0.4) is 0 Å². The van der Waals surface area contributed by atoms with Crippen molar-refractivity contribution in [1.82, 2.24) is 0 Å². The van der Waals surface area contributed by atoms with Crippen molar-refractivity contribution in [3.05, 3.63) is 41.7 Å². The lowest BCUT2D eigenvalue weighted by Gasteiger charge is -2.29. The molecule has 11 heteroatoms. The summed E-state index contributed by atoms with van der Waals surface area (Å²) in [5.74, 6) is -0.0928. The zero-order valence-electron chi connectivity index (χ0n) is 16.4. The van der Waals surface area contributed by atoms with E-state index in [4.69, 9.17) is 23.4 Å². The van der Waals surface area contributed by atoms with Crippen LogP contribution in [-0.2, 0) is 4.57 Å². The number of ketones is 1. The number of hydrogen-bond donors (Lipinski definition) is 0. The van der Waals surface area contributed by atoms with E-state index in [2.05, 4.69) is 4.52 Å². The molecule has 0 spiro atoms. The molecule has 2 aromatic carbocycles. The first-order chi connectivity index (χ1) is 14.2. The fourth-order valence-electron chi connectivity index (χ4n) is 2.96. The van der Waals surface area contributed by atoms with Crippen molar-refractivity contribution in [3.63, 3.8) is 0 Å². The van der Waals surface area contributed by atoms with E-state index in [-0.39, 0.29) is 39.3 Å². The van der Waals surface area contributed by atoms with Crippen LogP contribution in [0.25, 0.3) is 11.0 Å². The first-order valence-corrected chi connectivity index (χ1v) is 9.84. The van der Waals surface area contributed by atoms with Gasteiger partial charge in [-0.15, -0.1) is 0 Å². The highest BCUT2D eigenvalue weighted by molar-refractivity contribution is 7.43. The summed E-state index contributed by atoms with van der Waals surface area (Å²) < 4.78 is 41.8. The molecule has 30 heavy (non-hydrogen) atoms. The Morgan fingerprint density at radius 2 is 1.50 bits per heavy atom. The lowest BCUT2D eigenvalue weighted by atomic mass is 10.0. The number of methoxy groups -OCH3 is 4. The first kappa shape index (κ1) is 21.5. The Balaban J connectivity index is 2.15. The van der Waals surface area contributed by atoms with Gasteiger partial charge in [0.25, 0.3) is 0 Å². The summed E-state index contributed by atoms with van der Waals surface area (Å²) >= 11 is 0. The average Bonchev–Trinajstić information content (AvgIpc) is 3.15. The van der Waals surface area contributed by atoms with Crippen molar-refractivity contribution >= 4 is 24.6 Å². The van der Waals surface area contributed by atoms with Gasteiger partial charge in [0.15, 0.2) is 28.6 Å². The van der Waals surface area contributed by atoms with Crippen LogP contribution in [0, 0.1) is 0 Å². The molecule has 1 aromatic heterocycles. The predicted octanol–water partition coefficient (Wildman–Crippen LogP) is 1.91. The third kappa shape index (κ3) is 3.93. The monoisotopic (exact) mass is 436 g/mol. The van der Waals surface area contributed by atoms with Crippen molar-refractivity contribution in [2.24, 2.45) is 0 Å². The summed E-state index contributed by atoms with van der Waals surface area (Å²) in [6.45, 7) is 0. The van der Waals surface area contributed by atoms with Gasteiger partial charge in [-0.3, -0.25) is 4.79 Å². The largest absolute Gasteiger partial charge is 0.780 e. The molecule has 0 bridgehead atoms. The molecule has 0 unspecified atom stereocenters. The van der Waals surface area contributed by atoms with Gasteiger partial charge in [-0.05, 0) is 24.3 Å². The summed E-state index contributed by atoms with van der Waals surface area (Å²) in [5.41, 5.74) is 0.166. The molecule has 3 rings (SSSR count). The highest BCUT2D eigenvalue weighted by atomic mass is 31.2. The van der Waals surface area contributed by atoms with Crippen LogP contribution in [-0.4, -0.2) is 34.2 Å². The van der Waals surface area contributed by atoms with Gasteiger partial charge in [0.1, 0.15) is 14.1 Å². The third-order valence-corrected chi connectivity index (χ3v) is 4.66. The summed E-state index contributed by atoms with van der Waals surface area (Å²) in [5, 5.41) is 0.220. The third-order valence-electron chi connectivity index (χ3n) is 4.26. The number of hydrogen-bond acceptors (Lipinski definition) is 10. The molecule has 10 nitrogen and oxygen atoms in total. The topological polar surface area (TPSA) is 140 Å². The molecule has 0 N–H and O–H groups in total.